The Morgan fingerprint density at radius 3 is 2.91 bits per heavy atom. The van der Waals surface area contributed by atoms with Crippen LogP contribution in [-0.2, 0) is 0 Å². The molecule has 4 rings (SSSR count). The van der Waals surface area contributed by atoms with E-state index >= 15 is 0 Å². The van der Waals surface area contributed by atoms with Gasteiger partial charge in [-0.25, -0.2) is 4.79 Å². The van der Waals surface area contributed by atoms with E-state index in [1.807, 2.05) is 0 Å². The van der Waals surface area contributed by atoms with Gasteiger partial charge in [-0.2, -0.15) is 0 Å². The third-order valence-corrected chi connectivity index (χ3v) is 4.89. The maximum Gasteiger partial charge on any atom is 0.323 e. The summed E-state index contributed by atoms with van der Waals surface area (Å²) in [5.74, 6) is 0.605. The van der Waals surface area contributed by atoms with Crippen molar-refractivity contribution in [2.45, 2.75) is 12.3 Å². The van der Waals surface area contributed by atoms with Crippen molar-refractivity contribution < 1.29 is 9.21 Å². The maximum absolute atomic E-state index is 12.7. The van der Waals surface area contributed by atoms with Gasteiger partial charge in [0.15, 0.2) is 12.3 Å². The van der Waals surface area contributed by atoms with Crippen LogP contribution in [0.3, 0.4) is 0 Å². The van der Waals surface area contributed by atoms with E-state index in [0.717, 1.165) is 0 Å². The number of fused-ring (bicyclic) bond motifs is 3. The molecule has 0 radical (unpaired) electrons. The molecule has 2 aromatic heterocycles. The van der Waals surface area contributed by atoms with Gasteiger partial charge in [0, 0.05) is 20.2 Å². The molecule has 2 atom stereocenters. The zero-order valence-corrected chi connectivity index (χ0v) is 12.7. The smallest absolute Gasteiger partial charge is 0.323 e. The van der Waals surface area contributed by atoms with Crippen molar-refractivity contribution in [3.8, 4) is 0 Å². The first kappa shape index (κ1) is 13.1. The van der Waals surface area contributed by atoms with Gasteiger partial charge in [-0.05, 0) is 12.1 Å². The molecule has 9 heteroatoms. The van der Waals surface area contributed by atoms with Gasteiger partial charge in [-0.15, -0.1) is 5.10 Å². The van der Waals surface area contributed by atoms with E-state index in [0.29, 0.717) is 15.1 Å². The van der Waals surface area contributed by atoms with Gasteiger partial charge in [0.1, 0.15) is 5.76 Å². The summed E-state index contributed by atoms with van der Waals surface area (Å²) >= 11 is 1.26. The Morgan fingerprint density at radius 2 is 2.18 bits per heavy atom. The van der Waals surface area contributed by atoms with Gasteiger partial charge >= 0.3 is 6.03 Å². The molecule has 114 valence electrons. The standard InChI is InChI=1S/C13H13N5O3S/c1-16-9-10(17(2)13(16)20)18-11(19)8(22-12(18)15-14-9)6-7-4-3-5-21-7/h3-6,9-10,14H,1-2H3/b8-6-. The third kappa shape index (κ3) is 1.65. The number of hydrogen-bond acceptors (Lipinski definition) is 6. The Hall–Kier alpha value is -2.55. The number of rotatable bonds is 1. The number of carbonyl (C=O) groups excluding carboxylic acids is 1. The highest BCUT2D eigenvalue weighted by atomic mass is 32.1. The Kier molecular flexibility index (Phi) is 2.67. The number of hydrogen-bond donors (Lipinski definition) is 1. The molecule has 4 heterocycles. The molecule has 1 saturated heterocycles. The van der Waals surface area contributed by atoms with E-state index in [4.69, 9.17) is 4.42 Å². The lowest BCUT2D eigenvalue weighted by Crippen LogP contribution is -2.52. The van der Waals surface area contributed by atoms with Gasteiger partial charge in [-0.3, -0.25) is 14.8 Å². The van der Waals surface area contributed by atoms with Crippen LogP contribution in [0.5, 0.6) is 0 Å². The minimum absolute atomic E-state index is 0.153. The summed E-state index contributed by atoms with van der Waals surface area (Å²) in [6.45, 7) is 0. The Balaban J connectivity index is 1.91. The number of nitrogens with zero attached hydrogens (tertiary/aromatic N) is 4. The zero-order chi connectivity index (χ0) is 15.4. The molecule has 8 nitrogen and oxygen atoms in total. The largest absolute Gasteiger partial charge is 0.465 e. The van der Waals surface area contributed by atoms with Crippen LogP contribution in [0, 0.1) is 0 Å². The molecular weight excluding hydrogens is 306 g/mol. The fourth-order valence-corrected chi connectivity index (χ4v) is 3.73. The molecule has 2 aromatic rings. The molecule has 22 heavy (non-hydrogen) atoms. The van der Waals surface area contributed by atoms with Crippen LogP contribution < -0.4 is 20.3 Å². The topological polar surface area (TPSA) is 83.1 Å². The lowest BCUT2D eigenvalue weighted by molar-refractivity contribution is 0.171. The summed E-state index contributed by atoms with van der Waals surface area (Å²) < 4.78 is 7.33. The minimum Gasteiger partial charge on any atom is -0.465 e. The fourth-order valence-electron chi connectivity index (χ4n) is 2.78. The Bertz CT molecular complexity index is 913. The monoisotopic (exact) mass is 319 g/mol. The van der Waals surface area contributed by atoms with Gasteiger partial charge in [0.05, 0.1) is 10.8 Å². The van der Waals surface area contributed by atoms with E-state index in [9.17, 15) is 9.59 Å². The molecule has 1 N–H and O–H groups in total. The number of carbonyl (C=O) groups is 1. The molecular formula is C13H13N5O3S. The van der Waals surface area contributed by atoms with Crippen molar-refractivity contribution in [3.05, 3.63) is 43.8 Å². The SMILES string of the molecule is CN1C(=O)N(C)C2C1NN=c1s/c(=C\c3ccco3)c(=O)n12. The average Bonchev–Trinajstić information content (AvgIpc) is 3.18. The molecule has 0 spiro atoms. The number of urea groups is 1. The molecule has 2 amide bonds. The summed E-state index contributed by atoms with van der Waals surface area (Å²) in [5.41, 5.74) is 2.77. The van der Waals surface area contributed by atoms with Crippen LogP contribution in [0.25, 0.3) is 6.08 Å². The van der Waals surface area contributed by atoms with Gasteiger partial charge in [0.25, 0.3) is 5.56 Å². The van der Waals surface area contributed by atoms with Crippen LogP contribution in [0.4, 0.5) is 4.79 Å². The van der Waals surface area contributed by atoms with Crippen LogP contribution in [-0.4, -0.2) is 40.7 Å². The number of furan rings is 1. The second-order valence-corrected chi connectivity index (χ2v) is 6.20. The summed E-state index contributed by atoms with van der Waals surface area (Å²) in [5, 5.41) is 4.23. The highest BCUT2D eigenvalue weighted by molar-refractivity contribution is 7.07. The van der Waals surface area contributed by atoms with E-state index in [1.54, 1.807) is 48.0 Å². The Morgan fingerprint density at radius 1 is 1.36 bits per heavy atom. The van der Waals surface area contributed by atoms with E-state index < -0.39 is 6.17 Å². The van der Waals surface area contributed by atoms with Crippen LogP contribution >= 0.6 is 11.3 Å². The van der Waals surface area contributed by atoms with Crippen molar-refractivity contribution in [1.82, 2.24) is 19.8 Å². The number of likely N-dealkylation sites (N-methyl/N-ethyl adjacent to an activating group) is 2. The molecule has 0 aliphatic carbocycles. The maximum atomic E-state index is 12.7. The first-order valence-electron chi connectivity index (χ1n) is 6.67. The van der Waals surface area contributed by atoms with E-state index in [-0.39, 0.29) is 17.8 Å². The fraction of sp³-hybridized carbons (Fsp3) is 0.308. The second kappa shape index (κ2) is 4.47. The van der Waals surface area contributed by atoms with E-state index in [1.165, 1.54) is 16.2 Å². The van der Waals surface area contributed by atoms with Crippen molar-refractivity contribution in [2.24, 2.45) is 5.10 Å². The predicted molar refractivity (Wildman–Crippen MR) is 78.5 cm³/mol. The number of aromatic nitrogens is 1. The Labute approximate surface area is 128 Å². The van der Waals surface area contributed by atoms with Gasteiger partial charge in [0.2, 0.25) is 4.80 Å². The summed E-state index contributed by atoms with van der Waals surface area (Å²) in [6, 6.07) is 3.39. The summed E-state index contributed by atoms with van der Waals surface area (Å²) in [7, 11) is 3.37. The lowest BCUT2D eigenvalue weighted by atomic mass is 10.3. The van der Waals surface area contributed by atoms with Gasteiger partial charge in [-0.1, -0.05) is 11.3 Å². The van der Waals surface area contributed by atoms with Crippen LogP contribution in [0.2, 0.25) is 0 Å². The molecule has 0 bridgehead atoms. The van der Waals surface area contributed by atoms with Crippen molar-refractivity contribution >= 4 is 23.4 Å². The normalized spacial score (nSPS) is 24.1. The lowest BCUT2D eigenvalue weighted by Gasteiger charge is -2.27. The average molecular weight is 319 g/mol. The minimum atomic E-state index is -0.410. The number of nitrogens with one attached hydrogen (secondary N) is 1. The molecule has 0 aromatic carbocycles. The van der Waals surface area contributed by atoms with Crippen molar-refractivity contribution in [3.63, 3.8) is 0 Å². The molecule has 2 unspecified atom stereocenters. The molecule has 2 aliphatic rings. The first-order chi connectivity index (χ1) is 10.6. The van der Waals surface area contributed by atoms with Crippen molar-refractivity contribution in [1.29, 1.82) is 0 Å². The predicted octanol–water partition coefficient (Wildman–Crippen LogP) is -0.709. The van der Waals surface area contributed by atoms with Crippen LogP contribution in [0.15, 0.2) is 32.7 Å². The van der Waals surface area contributed by atoms with E-state index in [2.05, 4.69) is 10.5 Å². The second-order valence-electron chi connectivity index (χ2n) is 5.19. The summed E-state index contributed by atoms with van der Waals surface area (Å²) in [6.07, 6.45) is 2.47. The van der Waals surface area contributed by atoms with Crippen molar-refractivity contribution in [2.75, 3.05) is 14.1 Å². The third-order valence-electron chi connectivity index (χ3n) is 3.91. The highest BCUT2D eigenvalue weighted by Gasteiger charge is 2.46. The molecule has 1 fully saturated rings. The number of thiazole rings is 1. The van der Waals surface area contributed by atoms with Gasteiger partial charge < -0.3 is 14.2 Å². The quantitative estimate of drug-likeness (QED) is 0.753. The zero-order valence-electron chi connectivity index (χ0n) is 11.9. The number of amides is 2. The summed E-state index contributed by atoms with van der Waals surface area (Å²) in [4.78, 5) is 28.4. The first-order valence-corrected chi connectivity index (χ1v) is 7.49. The molecule has 2 aliphatic heterocycles. The highest BCUT2D eigenvalue weighted by Crippen LogP contribution is 2.26. The molecule has 0 saturated carbocycles. The van der Waals surface area contributed by atoms with Crippen LogP contribution in [0.1, 0.15) is 11.9 Å².